The fourth-order valence-corrected chi connectivity index (χ4v) is 2.48. The van der Waals surface area contributed by atoms with Gasteiger partial charge in [0.2, 0.25) is 5.91 Å². The lowest BCUT2D eigenvalue weighted by Crippen LogP contribution is -2.38. The Morgan fingerprint density at radius 1 is 1.43 bits per heavy atom. The molecule has 1 atom stereocenters. The Morgan fingerprint density at radius 3 is 2.65 bits per heavy atom. The summed E-state index contributed by atoms with van der Waals surface area (Å²) < 4.78 is 19.5. The molecule has 0 bridgehead atoms. The zero-order chi connectivity index (χ0) is 16.6. The number of amides is 1. The molecule has 0 heterocycles. The van der Waals surface area contributed by atoms with Crippen LogP contribution in [0, 0.1) is 17.2 Å². The molecule has 5 nitrogen and oxygen atoms in total. The van der Waals surface area contributed by atoms with Gasteiger partial charge < -0.3 is 15.2 Å². The van der Waals surface area contributed by atoms with Crippen LogP contribution in [0.4, 0.5) is 4.39 Å². The second kappa shape index (κ2) is 5.83. The van der Waals surface area contributed by atoms with Gasteiger partial charge in [-0.3, -0.25) is 9.59 Å². The van der Waals surface area contributed by atoms with Crippen LogP contribution in [0.25, 0.3) is 0 Å². The van der Waals surface area contributed by atoms with Gasteiger partial charge in [0.15, 0.2) is 11.6 Å². The second-order valence-electron chi connectivity index (χ2n) is 6.53. The molecule has 0 radical (unpaired) electrons. The number of ether oxygens (including phenoxy) is 1. The van der Waals surface area contributed by atoms with Crippen molar-refractivity contribution in [2.24, 2.45) is 11.3 Å². The minimum atomic E-state index is -1.29. The lowest BCUT2D eigenvalue weighted by Gasteiger charge is -2.18. The zero-order valence-corrected chi connectivity index (χ0v) is 13.0. The number of halogens is 1. The van der Waals surface area contributed by atoms with Crippen molar-refractivity contribution in [3.05, 3.63) is 29.6 Å². The fourth-order valence-electron chi connectivity index (χ4n) is 2.48. The molecule has 2 aliphatic rings. The third kappa shape index (κ3) is 3.30. The van der Waals surface area contributed by atoms with Crippen molar-refractivity contribution >= 4 is 11.9 Å². The third-order valence-corrected chi connectivity index (χ3v) is 4.57. The second-order valence-corrected chi connectivity index (χ2v) is 6.53. The van der Waals surface area contributed by atoms with Gasteiger partial charge in [0.25, 0.3) is 0 Å². The average Bonchev–Trinajstić information content (AvgIpc) is 3.38. The van der Waals surface area contributed by atoms with Crippen molar-refractivity contribution in [2.45, 2.75) is 38.6 Å². The lowest BCUT2D eigenvalue weighted by atomic mass is 10.0. The fraction of sp³-hybridized carbons (Fsp3) is 0.529. The maximum atomic E-state index is 14.1. The Bertz CT molecular complexity index is 637. The van der Waals surface area contributed by atoms with Crippen LogP contribution in [0.15, 0.2) is 18.2 Å². The number of hydrogen-bond acceptors (Lipinski definition) is 3. The SMILES string of the molecule is CC(NC(=O)C1(C(=O)O)CC1)c1ccc(OCC2CC2)c(F)c1. The van der Waals surface area contributed by atoms with Crippen molar-refractivity contribution in [2.75, 3.05) is 6.61 Å². The van der Waals surface area contributed by atoms with E-state index in [9.17, 15) is 14.0 Å². The highest BCUT2D eigenvalue weighted by molar-refractivity contribution is 6.04. The summed E-state index contributed by atoms with van der Waals surface area (Å²) in [7, 11) is 0. The van der Waals surface area contributed by atoms with Gasteiger partial charge in [0, 0.05) is 0 Å². The zero-order valence-electron chi connectivity index (χ0n) is 13.0. The molecule has 23 heavy (non-hydrogen) atoms. The molecule has 0 aromatic heterocycles. The first kappa shape index (κ1) is 15.8. The number of benzene rings is 1. The summed E-state index contributed by atoms with van der Waals surface area (Å²) >= 11 is 0. The number of rotatable bonds is 7. The van der Waals surface area contributed by atoms with E-state index in [4.69, 9.17) is 9.84 Å². The van der Waals surface area contributed by atoms with E-state index < -0.39 is 29.2 Å². The standard InChI is InChI=1S/C17H20FNO4/c1-10(19-15(20)17(6-7-17)16(21)22)12-4-5-14(13(18)8-12)23-9-11-2-3-11/h4-5,8,10-11H,2-3,6-7,9H2,1H3,(H,19,20)(H,21,22). The average molecular weight is 321 g/mol. The van der Waals surface area contributed by atoms with Crippen LogP contribution in [0.1, 0.15) is 44.2 Å². The Labute approximate surface area is 133 Å². The maximum absolute atomic E-state index is 14.1. The molecule has 1 amide bonds. The van der Waals surface area contributed by atoms with Gasteiger partial charge in [0.05, 0.1) is 12.6 Å². The van der Waals surface area contributed by atoms with E-state index in [1.807, 2.05) is 0 Å². The van der Waals surface area contributed by atoms with Crippen molar-refractivity contribution in [1.29, 1.82) is 0 Å². The van der Waals surface area contributed by atoms with Crippen LogP contribution in [0.3, 0.4) is 0 Å². The normalized spacial score (nSPS) is 19.7. The number of carbonyl (C=O) groups is 2. The summed E-state index contributed by atoms with van der Waals surface area (Å²) in [5.41, 5.74) is -0.712. The van der Waals surface area contributed by atoms with Crippen LogP contribution in [-0.4, -0.2) is 23.6 Å². The van der Waals surface area contributed by atoms with Crippen molar-refractivity contribution in [1.82, 2.24) is 5.32 Å². The Kier molecular flexibility index (Phi) is 4.00. The predicted octanol–water partition coefficient (Wildman–Crippen LogP) is 2.66. The summed E-state index contributed by atoms with van der Waals surface area (Å²) in [6, 6.07) is 4.11. The molecule has 1 aromatic carbocycles. The van der Waals surface area contributed by atoms with Crippen LogP contribution in [0.2, 0.25) is 0 Å². The maximum Gasteiger partial charge on any atom is 0.319 e. The Morgan fingerprint density at radius 2 is 2.13 bits per heavy atom. The summed E-state index contributed by atoms with van der Waals surface area (Å²) in [6.45, 7) is 2.24. The molecular formula is C17H20FNO4. The van der Waals surface area contributed by atoms with E-state index in [1.54, 1.807) is 19.1 Å². The van der Waals surface area contributed by atoms with Crippen LogP contribution in [0.5, 0.6) is 5.75 Å². The highest BCUT2D eigenvalue weighted by Crippen LogP contribution is 2.46. The minimum absolute atomic E-state index is 0.211. The summed E-state index contributed by atoms with van der Waals surface area (Å²) in [5, 5.41) is 11.8. The van der Waals surface area contributed by atoms with Crippen molar-refractivity contribution < 1.29 is 23.8 Å². The number of nitrogens with one attached hydrogen (secondary N) is 1. The highest BCUT2D eigenvalue weighted by atomic mass is 19.1. The van der Waals surface area contributed by atoms with Gasteiger partial charge >= 0.3 is 5.97 Å². The largest absolute Gasteiger partial charge is 0.490 e. The molecule has 3 rings (SSSR count). The third-order valence-electron chi connectivity index (χ3n) is 4.57. The number of aliphatic carboxylic acids is 1. The van der Waals surface area contributed by atoms with Crippen LogP contribution in [-0.2, 0) is 9.59 Å². The molecule has 1 aromatic rings. The smallest absolute Gasteiger partial charge is 0.319 e. The van der Waals surface area contributed by atoms with Gasteiger partial charge in [0.1, 0.15) is 5.41 Å². The van der Waals surface area contributed by atoms with E-state index in [0.29, 0.717) is 30.9 Å². The Balaban J connectivity index is 1.62. The number of hydrogen-bond donors (Lipinski definition) is 2. The van der Waals surface area contributed by atoms with E-state index in [2.05, 4.69) is 5.32 Å². The van der Waals surface area contributed by atoms with E-state index >= 15 is 0 Å². The van der Waals surface area contributed by atoms with Crippen LogP contribution < -0.4 is 10.1 Å². The van der Waals surface area contributed by atoms with E-state index in [0.717, 1.165) is 12.8 Å². The number of carbonyl (C=O) groups excluding carboxylic acids is 1. The molecule has 1 unspecified atom stereocenters. The van der Waals surface area contributed by atoms with Crippen molar-refractivity contribution in [3.63, 3.8) is 0 Å². The predicted molar refractivity (Wildman–Crippen MR) is 80.5 cm³/mol. The minimum Gasteiger partial charge on any atom is -0.490 e. The Hall–Kier alpha value is -2.11. The first-order valence-electron chi connectivity index (χ1n) is 7.89. The molecular weight excluding hydrogens is 301 g/mol. The molecule has 124 valence electrons. The summed E-state index contributed by atoms with van der Waals surface area (Å²) in [5.74, 6) is -1.32. The summed E-state index contributed by atoms with van der Waals surface area (Å²) in [6.07, 6.45) is 2.97. The monoisotopic (exact) mass is 321 g/mol. The summed E-state index contributed by atoms with van der Waals surface area (Å²) in [4.78, 5) is 23.2. The molecule has 6 heteroatoms. The molecule has 2 N–H and O–H groups in total. The molecule has 2 fully saturated rings. The number of carboxylic acid groups (broad SMARTS) is 1. The quantitative estimate of drug-likeness (QED) is 0.757. The van der Waals surface area contributed by atoms with Gasteiger partial charge in [-0.2, -0.15) is 0 Å². The van der Waals surface area contributed by atoms with Gasteiger partial charge in [-0.05, 0) is 56.2 Å². The van der Waals surface area contributed by atoms with E-state index in [1.165, 1.54) is 6.07 Å². The molecule has 0 spiro atoms. The molecule has 0 saturated heterocycles. The lowest BCUT2D eigenvalue weighted by molar-refractivity contribution is -0.149. The molecule has 2 saturated carbocycles. The first-order valence-corrected chi connectivity index (χ1v) is 7.89. The first-order chi connectivity index (χ1) is 10.9. The topological polar surface area (TPSA) is 75.6 Å². The van der Waals surface area contributed by atoms with Gasteiger partial charge in [-0.1, -0.05) is 6.07 Å². The number of carboxylic acids is 1. The van der Waals surface area contributed by atoms with Gasteiger partial charge in [-0.25, -0.2) is 4.39 Å². The molecule has 0 aliphatic heterocycles. The van der Waals surface area contributed by atoms with Gasteiger partial charge in [-0.15, -0.1) is 0 Å². The van der Waals surface area contributed by atoms with E-state index in [-0.39, 0.29) is 5.75 Å². The highest BCUT2D eigenvalue weighted by Gasteiger charge is 2.57. The van der Waals surface area contributed by atoms with Crippen LogP contribution >= 0.6 is 0 Å². The van der Waals surface area contributed by atoms with Crippen molar-refractivity contribution in [3.8, 4) is 5.75 Å². The molecule has 2 aliphatic carbocycles.